The van der Waals surface area contributed by atoms with Crippen LogP contribution in [0.5, 0.6) is 11.5 Å². The average molecular weight is 393 g/mol. The van der Waals surface area contributed by atoms with Crippen molar-refractivity contribution in [3.63, 3.8) is 0 Å². The number of phenols is 1. The summed E-state index contributed by atoms with van der Waals surface area (Å²) in [7, 11) is 1.53. The predicted molar refractivity (Wildman–Crippen MR) is 93.2 cm³/mol. The van der Waals surface area contributed by atoms with E-state index in [9.17, 15) is 5.11 Å². The van der Waals surface area contributed by atoms with Gasteiger partial charge in [-0.2, -0.15) is 0 Å². The number of guanidine groups is 1. The van der Waals surface area contributed by atoms with Crippen LogP contribution in [0.25, 0.3) is 0 Å². The number of methoxy groups -OCH3 is 1. The zero-order valence-corrected chi connectivity index (χ0v) is 14.8. The molecular formula is C14H24IN3O2. The fourth-order valence-electron chi connectivity index (χ4n) is 1.61. The van der Waals surface area contributed by atoms with Gasteiger partial charge < -0.3 is 20.9 Å². The number of rotatable bonds is 4. The normalized spacial score (nSPS) is 11.7. The van der Waals surface area contributed by atoms with Crippen molar-refractivity contribution in [2.45, 2.75) is 32.7 Å². The SMILES string of the molecule is COc1cc(CCN=C(N)NC(C)(C)C)ccc1O.I. The Labute approximate surface area is 137 Å². The van der Waals surface area contributed by atoms with Crippen LogP contribution < -0.4 is 15.8 Å². The van der Waals surface area contributed by atoms with E-state index in [0.717, 1.165) is 12.0 Å². The Kier molecular flexibility index (Phi) is 7.70. The first-order valence-corrected chi connectivity index (χ1v) is 6.26. The van der Waals surface area contributed by atoms with Crippen LogP contribution in [0.4, 0.5) is 0 Å². The van der Waals surface area contributed by atoms with E-state index in [1.807, 2.05) is 26.8 Å². The molecule has 0 saturated carbocycles. The number of ether oxygens (including phenoxy) is 1. The van der Waals surface area contributed by atoms with Crippen molar-refractivity contribution in [1.82, 2.24) is 5.32 Å². The van der Waals surface area contributed by atoms with E-state index in [0.29, 0.717) is 18.3 Å². The lowest BCUT2D eigenvalue weighted by Crippen LogP contribution is -2.45. The molecule has 0 atom stereocenters. The standard InChI is InChI=1S/C14H23N3O2.HI/c1-14(2,3)17-13(15)16-8-7-10-5-6-11(18)12(9-10)19-4;/h5-6,9,18H,7-8H2,1-4H3,(H3,15,16,17);1H. The smallest absolute Gasteiger partial charge is 0.188 e. The third kappa shape index (κ3) is 6.83. The van der Waals surface area contributed by atoms with Gasteiger partial charge >= 0.3 is 0 Å². The van der Waals surface area contributed by atoms with E-state index in [4.69, 9.17) is 10.5 Å². The molecule has 0 spiro atoms. The van der Waals surface area contributed by atoms with Crippen molar-refractivity contribution in [1.29, 1.82) is 0 Å². The predicted octanol–water partition coefficient (Wildman–Crippen LogP) is 2.26. The molecule has 0 saturated heterocycles. The molecule has 5 nitrogen and oxygen atoms in total. The van der Waals surface area contributed by atoms with Crippen LogP contribution in [-0.4, -0.2) is 30.3 Å². The Morgan fingerprint density at radius 3 is 2.60 bits per heavy atom. The van der Waals surface area contributed by atoms with Crippen LogP contribution in [0.2, 0.25) is 0 Å². The van der Waals surface area contributed by atoms with Crippen LogP contribution in [0.3, 0.4) is 0 Å². The quantitative estimate of drug-likeness (QED) is 0.417. The molecule has 6 heteroatoms. The second-order valence-corrected chi connectivity index (χ2v) is 5.40. The van der Waals surface area contributed by atoms with Crippen LogP contribution in [0, 0.1) is 0 Å². The van der Waals surface area contributed by atoms with Crippen molar-refractivity contribution in [2.24, 2.45) is 10.7 Å². The zero-order chi connectivity index (χ0) is 14.5. The average Bonchev–Trinajstić information content (AvgIpc) is 2.29. The summed E-state index contributed by atoms with van der Waals surface area (Å²) in [6, 6.07) is 5.27. The Bertz CT molecular complexity index is 456. The number of nitrogens with two attached hydrogens (primary N) is 1. The van der Waals surface area contributed by atoms with E-state index < -0.39 is 0 Å². The number of hydrogen-bond acceptors (Lipinski definition) is 3. The van der Waals surface area contributed by atoms with E-state index in [2.05, 4.69) is 10.3 Å². The number of aliphatic imine (C=N–C) groups is 1. The Morgan fingerprint density at radius 1 is 1.40 bits per heavy atom. The Hall–Kier alpha value is -1.18. The summed E-state index contributed by atoms with van der Waals surface area (Å²) < 4.78 is 5.06. The van der Waals surface area contributed by atoms with E-state index in [-0.39, 0.29) is 35.3 Å². The topological polar surface area (TPSA) is 79.9 Å². The highest BCUT2D eigenvalue weighted by atomic mass is 127. The number of aromatic hydroxyl groups is 1. The van der Waals surface area contributed by atoms with Crippen molar-refractivity contribution in [3.05, 3.63) is 23.8 Å². The van der Waals surface area contributed by atoms with E-state index in [1.54, 1.807) is 12.1 Å². The summed E-state index contributed by atoms with van der Waals surface area (Å²) in [5, 5.41) is 12.6. The van der Waals surface area contributed by atoms with Crippen LogP contribution >= 0.6 is 24.0 Å². The molecule has 20 heavy (non-hydrogen) atoms. The molecule has 0 bridgehead atoms. The number of phenolic OH excluding ortho intramolecular Hbond substituents is 1. The van der Waals surface area contributed by atoms with Gasteiger partial charge in [0.1, 0.15) is 0 Å². The first-order chi connectivity index (χ1) is 8.81. The van der Waals surface area contributed by atoms with Crippen molar-refractivity contribution < 1.29 is 9.84 Å². The number of nitrogens with zero attached hydrogens (tertiary/aromatic N) is 1. The van der Waals surface area contributed by atoms with Gasteiger partial charge in [0.15, 0.2) is 17.5 Å². The third-order valence-corrected chi connectivity index (χ3v) is 2.43. The van der Waals surface area contributed by atoms with Gasteiger partial charge in [0.2, 0.25) is 0 Å². The summed E-state index contributed by atoms with van der Waals surface area (Å²) in [6.07, 6.45) is 0.739. The van der Waals surface area contributed by atoms with Gasteiger partial charge in [-0.15, -0.1) is 24.0 Å². The molecule has 1 aromatic carbocycles. The fourth-order valence-corrected chi connectivity index (χ4v) is 1.61. The largest absolute Gasteiger partial charge is 0.504 e. The van der Waals surface area contributed by atoms with Gasteiger partial charge in [-0.3, -0.25) is 4.99 Å². The first kappa shape index (κ1) is 18.8. The molecule has 0 aliphatic rings. The van der Waals surface area contributed by atoms with Crippen LogP contribution in [0.15, 0.2) is 23.2 Å². The molecule has 114 valence electrons. The lowest BCUT2D eigenvalue weighted by Gasteiger charge is -2.20. The number of halogens is 1. The minimum Gasteiger partial charge on any atom is -0.504 e. The first-order valence-electron chi connectivity index (χ1n) is 6.26. The summed E-state index contributed by atoms with van der Waals surface area (Å²) >= 11 is 0. The maximum absolute atomic E-state index is 9.49. The molecule has 4 N–H and O–H groups in total. The molecule has 0 heterocycles. The maximum Gasteiger partial charge on any atom is 0.188 e. The summed E-state index contributed by atoms with van der Waals surface area (Å²) in [5.41, 5.74) is 6.73. The van der Waals surface area contributed by atoms with Crippen molar-refractivity contribution in [2.75, 3.05) is 13.7 Å². The Morgan fingerprint density at radius 2 is 2.05 bits per heavy atom. The molecule has 0 aliphatic carbocycles. The Balaban J connectivity index is 0.00000361. The van der Waals surface area contributed by atoms with Gasteiger partial charge in [0.25, 0.3) is 0 Å². The summed E-state index contributed by atoms with van der Waals surface area (Å²) in [5.74, 6) is 1.06. The molecule has 0 aromatic heterocycles. The molecule has 1 aromatic rings. The number of nitrogens with one attached hydrogen (secondary N) is 1. The highest BCUT2D eigenvalue weighted by molar-refractivity contribution is 14.0. The molecule has 0 unspecified atom stereocenters. The second-order valence-electron chi connectivity index (χ2n) is 5.40. The molecule has 0 aliphatic heterocycles. The minimum absolute atomic E-state index is 0. The number of benzene rings is 1. The maximum atomic E-state index is 9.49. The van der Waals surface area contributed by atoms with E-state index >= 15 is 0 Å². The van der Waals surface area contributed by atoms with Crippen molar-refractivity contribution in [3.8, 4) is 11.5 Å². The second kappa shape index (κ2) is 8.18. The summed E-state index contributed by atoms with van der Waals surface area (Å²) in [6.45, 7) is 6.67. The zero-order valence-electron chi connectivity index (χ0n) is 12.4. The minimum atomic E-state index is -0.0880. The molecule has 0 radical (unpaired) electrons. The molecule has 1 rings (SSSR count). The van der Waals surface area contributed by atoms with Gasteiger partial charge in [-0.25, -0.2) is 0 Å². The summed E-state index contributed by atoms with van der Waals surface area (Å²) in [4.78, 5) is 4.26. The van der Waals surface area contributed by atoms with E-state index in [1.165, 1.54) is 7.11 Å². The molecular weight excluding hydrogens is 369 g/mol. The highest BCUT2D eigenvalue weighted by Gasteiger charge is 2.09. The van der Waals surface area contributed by atoms with Crippen LogP contribution in [0.1, 0.15) is 26.3 Å². The fraction of sp³-hybridized carbons (Fsp3) is 0.500. The molecule has 0 fully saturated rings. The monoisotopic (exact) mass is 393 g/mol. The van der Waals surface area contributed by atoms with Gasteiger partial charge in [-0.1, -0.05) is 6.07 Å². The third-order valence-electron chi connectivity index (χ3n) is 2.43. The van der Waals surface area contributed by atoms with Gasteiger partial charge in [-0.05, 0) is 44.9 Å². The van der Waals surface area contributed by atoms with Crippen LogP contribution in [-0.2, 0) is 6.42 Å². The lowest BCUT2D eigenvalue weighted by molar-refractivity contribution is 0.373. The van der Waals surface area contributed by atoms with Crippen molar-refractivity contribution >= 4 is 29.9 Å². The van der Waals surface area contributed by atoms with Gasteiger partial charge in [0, 0.05) is 12.1 Å². The van der Waals surface area contributed by atoms with Gasteiger partial charge in [0.05, 0.1) is 7.11 Å². The lowest BCUT2D eigenvalue weighted by atomic mass is 10.1. The highest BCUT2D eigenvalue weighted by Crippen LogP contribution is 2.26. The molecule has 0 amide bonds. The number of hydrogen-bond donors (Lipinski definition) is 3.